The van der Waals surface area contributed by atoms with E-state index in [1.807, 2.05) is 41.3 Å². The lowest BCUT2D eigenvalue weighted by Crippen LogP contribution is -2.65. The maximum absolute atomic E-state index is 13.1. The van der Waals surface area contributed by atoms with E-state index in [0.29, 0.717) is 60.9 Å². The summed E-state index contributed by atoms with van der Waals surface area (Å²) in [6.45, 7) is 22.4. The molecule has 16 heteroatoms. The highest BCUT2D eigenvalue weighted by molar-refractivity contribution is 6.48. The first-order chi connectivity index (χ1) is 34.8. The van der Waals surface area contributed by atoms with Crippen molar-refractivity contribution in [3.05, 3.63) is 97.1 Å². The van der Waals surface area contributed by atoms with Crippen molar-refractivity contribution in [1.82, 2.24) is 26.2 Å². The van der Waals surface area contributed by atoms with Crippen LogP contribution in [0.15, 0.2) is 86.0 Å². The maximum Gasteiger partial charge on any atom is 0.482 e. The van der Waals surface area contributed by atoms with Gasteiger partial charge in [-0.2, -0.15) is 0 Å². The summed E-state index contributed by atoms with van der Waals surface area (Å²) in [4.78, 5) is 49.3. The summed E-state index contributed by atoms with van der Waals surface area (Å²) in [5.41, 5.74) is 2.28. The smallest absolute Gasteiger partial charge is 0.478 e. The number of hydrogen-bond acceptors (Lipinski definition) is 8. The Balaban J connectivity index is 0.000000197. The SMILES string of the molecule is C.C=CC(=O)N1CCCC[C@H]1CNC(=O)N[C@@H](Cc1ccccc1)B1O[C@@H]2C[C@@H]3C[C@@H](C3(C)C)[C@]2(C)O1.C=CC(=O)O.CC1(C)[C@@H]2C[C@H]3OB([C@H](Cc4ccccc4)NC(=O)NCC4CCCCC4)O[C@@]3(C)[C@H]1C2. The minimum absolute atomic E-state index is 0. The Morgan fingerprint density at radius 2 is 1.11 bits per heavy atom. The van der Waals surface area contributed by atoms with Crippen molar-refractivity contribution in [2.75, 3.05) is 19.6 Å². The molecule has 3 saturated heterocycles. The molecule has 3 aliphatic heterocycles. The van der Waals surface area contributed by atoms with Gasteiger partial charge in [-0.3, -0.25) is 4.79 Å². The highest BCUT2D eigenvalue weighted by atomic mass is 16.7. The topological polar surface area (TPSA) is 177 Å². The van der Waals surface area contributed by atoms with Crippen molar-refractivity contribution >= 4 is 38.2 Å². The molecule has 5 amide bonds. The number of nitrogens with zero attached hydrogens (tertiary/aromatic N) is 1. The van der Waals surface area contributed by atoms with Crippen LogP contribution in [0.3, 0.4) is 0 Å². The molecule has 0 spiro atoms. The third-order valence-corrected chi connectivity index (χ3v) is 18.9. The molecule has 2 aromatic carbocycles. The summed E-state index contributed by atoms with van der Waals surface area (Å²) in [5.74, 6) is 1.37. The Morgan fingerprint density at radius 1 is 0.662 bits per heavy atom. The first-order valence-corrected chi connectivity index (χ1v) is 27.5. The molecule has 14 nitrogen and oxygen atoms in total. The third-order valence-electron chi connectivity index (χ3n) is 18.9. The van der Waals surface area contributed by atoms with Crippen LogP contribution in [0.2, 0.25) is 0 Å². The molecule has 7 aliphatic carbocycles. The van der Waals surface area contributed by atoms with Gasteiger partial charge in [0.25, 0.3) is 0 Å². The van der Waals surface area contributed by atoms with Gasteiger partial charge in [0.15, 0.2) is 0 Å². The van der Waals surface area contributed by atoms with Crippen LogP contribution in [0, 0.1) is 40.4 Å². The number of hydrogen-bond donors (Lipinski definition) is 5. The number of piperidine rings is 1. The van der Waals surface area contributed by atoms with Gasteiger partial charge in [-0.15, -0.1) is 0 Å². The molecular formula is C58H87B2N5O9. The second-order valence-electron chi connectivity index (χ2n) is 23.9. The molecule has 10 aliphatic rings. The Morgan fingerprint density at radius 3 is 1.54 bits per heavy atom. The molecule has 2 aromatic rings. The lowest BCUT2D eigenvalue weighted by molar-refractivity contribution is -0.199. The predicted octanol–water partition coefficient (Wildman–Crippen LogP) is 9.37. The average Bonchev–Trinajstić information content (AvgIpc) is 3.95. The number of carboxylic acid groups (broad SMARTS) is 1. The van der Waals surface area contributed by atoms with Gasteiger partial charge in [0.2, 0.25) is 5.91 Å². The molecule has 5 N–H and O–H groups in total. The van der Waals surface area contributed by atoms with Crippen molar-refractivity contribution in [2.45, 2.75) is 180 Å². The summed E-state index contributed by atoms with van der Waals surface area (Å²) in [7, 11) is -0.921. The molecule has 404 valence electrons. The number of carboxylic acids is 1. The summed E-state index contributed by atoms with van der Waals surface area (Å²) in [6, 6.07) is 20.1. The van der Waals surface area contributed by atoms with E-state index in [1.165, 1.54) is 56.6 Å². The zero-order valence-electron chi connectivity index (χ0n) is 44.5. The highest BCUT2D eigenvalue weighted by Crippen LogP contribution is 2.67. The minimum Gasteiger partial charge on any atom is -0.478 e. The molecule has 11 atom stereocenters. The van der Waals surface area contributed by atoms with Crippen LogP contribution < -0.4 is 21.3 Å². The summed E-state index contributed by atoms with van der Waals surface area (Å²) in [5, 5.41) is 20.1. The number of urea groups is 2. The van der Waals surface area contributed by atoms with Gasteiger partial charge in [-0.25, -0.2) is 14.4 Å². The summed E-state index contributed by atoms with van der Waals surface area (Å²) >= 11 is 0. The van der Waals surface area contributed by atoms with E-state index < -0.39 is 20.2 Å². The standard InChI is InChI=1S/C28H40BN3O4.C26H39BN2O3.C3H4O2.CH4/c1-5-25(33)32-14-10-9-13-21(32)18-30-26(34)31-24(15-19-11-7-6-8-12-19)29-35-23-17-20-16-22(27(20,2)3)28(23,4)36-29;1-25(2)20-15-21(25)26(3)22(16-20)31-27(32-26)23(14-18-10-6-4-7-11-18)29-24(30)28-17-19-12-8-5-9-13-19;1-2-3(4)5;/h5-8,11-12,20-24H,1,9-10,13-18H2,2-4H3,(H2,30,31,34);4,6-7,10-11,19-23H,5,8-9,12-17H2,1-3H3,(H2,28,29,30);2H,1H2,(H,4,5);1H4/t20-,21-,22-,23+,24-,28-;20-,21-,22+,23-,26-;;/m00../s1. The third kappa shape index (κ3) is 12.5. The number of carbonyl (C=O) groups is 4. The van der Waals surface area contributed by atoms with Gasteiger partial charge in [0, 0.05) is 31.8 Å². The molecule has 0 unspecified atom stereocenters. The van der Waals surface area contributed by atoms with Crippen LogP contribution in [0.5, 0.6) is 0 Å². The highest BCUT2D eigenvalue weighted by Gasteiger charge is 2.70. The minimum atomic E-state index is -0.981. The molecule has 74 heavy (non-hydrogen) atoms. The van der Waals surface area contributed by atoms with E-state index in [2.05, 4.69) is 100 Å². The summed E-state index contributed by atoms with van der Waals surface area (Å²) < 4.78 is 26.5. The number of likely N-dealkylation sites (tertiary alicyclic amines) is 1. The number of carbonyl (C=O) groups excluding carboxylic acids is 3. The van der Waals surface area contributed by atoms with E-state index >= 15 is 0 Å². The Hall–Kier alpha value is -4.63. The Labute approximate surface area is 443 Å². The van der Waals surface area contributed by atoms with Crippen molar-refractivity contribution < 1.29 is 42.9 Å². The number of benzene rings is 2. The van der Waals surface area contributed by atoms with Crippen LogP contribution in [0.4, 0.5) is 9.59 Å². The van der Waals surface area contributed by atoms with Crippen molar-refractivity contribution in [3.63, 3.8) is 0 Å². The summed E-state index contributed by atoms with van der Waals surface area (Å²) in [6.07, 6.45) is 17.4. The Bertz CT molecular complexity index is 2250. The molecule has 7 saturated carbocycles. The van der Waals surface area contributed by atoms with E-state index in [9.17, 15) is 19.2 Å². The number of rotatable bonds is 14. The normalized spacial score (nSPS) is 31.4. The van der Waals surface area contributed by atoms with Crippen molar-refractivity contribution in [1.29, 1.82) is 0 Å². The van der Waals surface area contributed by atoms with Gasteiger partial charge in [-0.1, -0.05) is 128 Å². The molecule has 10 fully saturated rings. The van der Waals surface area contributed by atoms with Crippen molar-refractivity contribution in [3.8, 4) is 0 Å². The van der Waals surface area contributed by atoms with Gasteiger partial charge in [0.1, 0.15) is 0 Å². The lowest BCUT2D eigenvalue weighted by atomic mass is 9.43. The van der Waals surface area contributed by atoms with Crippen molar-refractivity contribution in [2.24, 2.45) is 40.4 Å². The van der Waals surface area contributed by atoms with Crippen LogP contribution in [-0.2, 0) is 41.0 Å². The van der Waals surface area contributed by atoms with Gasteiger partial charge in [-0.05, 0) is 142 Å². The van der Waals surface area contributed by atoms with E-state index in [4.69, 9.17) is 23.7 Å². The maximum atomic E-state index is 13.1. The largest absolute Gasteiger partial charge is 0.482 e. The fourth-order valence-electron chi connectivity index (χ4n) is 14.2. The zero-order valence-corrected chi connectivity index (χ0v) is 44.5. The van der Waals surface area contributed by atoms with Crippen LogP contribution in [0.1, 0.15) is 137 Å². The lowest BCUT2D eigenvalue weighted by Gasteiger charge is -2.64. The number of aliphatic carboxylic acids is 1. The van der Waals surface area contributed by atoms with E-state index in [0.717, 1.165) is 50.3 Å². The van der Waals surface area contributed by atoms with Gasteiger partial charge >= 0.3 is 32.3 Å². The van der Waals surface area contributed by atoms with Gasteiger partial charge in [0.05, 0.1) is 35.3 Å². The number of amides is 5. The molecule has 3 heterocycles. The zero-order chi connectivity index (χ0) is 52.1. The fourth-order valence-corrected chi connectivity index (χ4v) is 14.2. The second kappa shape index (κ2) is 24.1. The second-order valence-corrected chi connectivity index (χ2v) is 23.9. The molecular weight excluding hydrogens is 932 g/mol. The molecule has 0 aromatic heterocycles. The van der Waals surface area contributed by atoms with Crippen LogP contribution in [-0.4, -0.2) is 109 Å². The van der Waals surface area contributed by atoms with Crippen LogP contribution in [0.25, 0.3) is 0 Å². The quantitative estimate of drug-likeness (QED) is 0.0912. The van der Waals surface area contributed by atoms with E-state index in [1.54, 1.807) is 0 Å². The molecule has 12 rings (SSSR count). The van der Waals surface area contributed by atoms with Gasteiger partial charge < -0.3 is 49.9 Å². The molecule has 0 radical (unpaired) electrons. The first-order valence-electron chi connectivity index (χ1n) is 27.5. The predicted molar refractivity (Wildman–Crippen MR) is 292 cm³/mol. The Kier molecular flexibility index (Phi) is 18.6. The monoisotopic (exact) mass is 1020 g/mol. The fraction of sp³-hybridized carbons (Fsp3) is 0.655. The molecule has 4 bridgehead atoms. The van der Waals surface area contributed by atoms with Crippen LogP contribution >= 0.6 is 0 Å². The first kappa shape index (κ1) is 57.1. The number of nitrogens with one attached hydrogen (secondary N) is 4. The average molecular weight is 1020 g/mol. The van der Waals surface area contributed by atoms with E-state index in [-0.39, 0.29) is 72.1 Å².